The summed E-state index contributed by atoms with van der Waals surface area (Å²) in [5, 5.41) is 1.18. The average Bonchev–Trinajstić information content (AvgIpc) is 2.68. The molecule has 2 aromatic carbocycles. The van der Waals surface area contributed by atoms with Gasteiger partial charge in [-0.25, -0.2) is 13.0 Å². The lowest BCUT2D eigenvalue weighted by Crippen LogP contribution is -2.25. The number of nitrogens with zero attached hydrogens (tertiary/aromatic N) is 2. The van der Waals surface area contributed by atoms with E-state index < -0.39 is 10.1 Å². The fourth-order valence-electron chi connectivity index (χ4n) is 2.63. The Morgan fingerprint density at radius 1 is 0.893 bits per heavy atom. The highest BCUT2D eigenvalue weighted by molar-refractivity contribution is 7.85. The van der Waals surface area contributed by atoms with Crippen molar-refractivity contribution in [2.75, 3.05) is 0 Å². The van der Waals surface area contributed by atoms with Crippen molar-refractivity contribution >= 4 is 21.0 Å². The Balaban J connectivity index is 0.000000178. The number of aromatic nitrogens is 2. The molecule has 0 fully saturated rings. The van der Waals surface area contributed by atoms with E-state index in [9.17, 15) is 13.0 Å². The van der Waals surface area contributed by atoms with E-state index >= 15 is 0 Å². The Kier molecular flexibility index (Phi) is 5.82. The van der Waals surface area contributed by atoms with Gasteiger partial charge < -0.3 is 4.55 Å². The van der Waals surface area contributed by atoms with E-state index in [0.717, 1.165) is 16.6 Å². The maximum atomic E-state index is 10.4. The molecular weight excluding hydrogens is 372 g/mol. The Labute approximate surface area is 164 Å². The first-order chi connectivity index (χ1) is 13.3. The largest absolute Gasteiger partial charge is 0.744 e. The molecular formula is C22H20N2O3S. The van der Waals surface area contributed by atoms with Crippen LogP contribution < -0.4 is 4.57 Å². The van der Waals surface area contributed by atoms with Crippen LogP contribution >= 0.6 is 0 Å². The molecule has 0 N–H and O–H groups in total. The van der Waals surface area contributed by atoms with Crippen molar-refractivity contribution in [3.05, 3.63) is 90.9 Å². The van der Waals surface area contributed by atoms with Gasteiger partial charge in [-0.1, -0.05) is 35.9 Å². The summed E-state index contributed by atoms with van der Waals surface area (Å²) in [5.74, 6) is 0. The number of aryl methyl sites for hydroxylation is 2. The number of pyridine rings is 2. The van der Waals surface area contributed by atoms with Gasteiger partial charge in [-0.05, 0) is 36.8 Å². The second-order valence-electron chi connectivity index (χ2n) is 6.44. The summed E-state index contributed by atoms with van der Waals surface area (Å²) < 4.78 is 33.2. The zero-order valence-corrected chi connectivity index (χ0v) is 16.4. The number of benzene rings is 2. The first kappa shape index (κ1) is 19.7. The fourth-order valence-corrected chi connectivity index (χ4v) is 3.10. The second kappa shape index (κ2) is 8.29. The first-order valence-electron chi connectivity index (χ1n) is 8.66. The number of hydrogen-bond acceptors (Lipinski definition) is 4. The smallest absolute Gasteiger partial charge is 0.169 e. The highest BCUT2D eigenvalue weighted by atomic mass is 32.2. The molecule has 6 heteroatoms. The minimum absolute atomic E-state index is 0.178. The van der Waals surface area contributed by atoms with E-state index in [1.807, 2.05) is 55.3 Å². The van der Waals surface area contributed by atoms with Crippen LogP contribution in [0.2, 0.25) is 0 Å². The van der Waals surface area contributed by atoms with Crippen molar-refractivity contribution in [2.45, 2.75) is 11.8 Å². The summed E-state index contributed by atoms with van der Waals surface area (Å²) in [7, 11) is -2.25. The van der Waals surface area contributed by atoms with Crippen LogP contribution in [0.1, 0.15) is 5.56 Å². The van der Waals surface area contributed by atoms with Crippen molar-refractivity contribution in [1.29, 1.82) is 0 Å². The fraction of sp³-hybridized carbons (Fsp3) is 0.0909. The van der Waals surface area contributed by atoms with Crippen LogP contribution in [0, 0.1) is 6.92 Å². The van der Waals surface area contributed by atoms with Crippen LogP contribution in [-0.2, 0) is 17.2 Å². The molecule has 2 heterocycles. The van der Waals surface area contributed by atoms with E-state index in [1.165, 1.54) is 23.1 Å². The lowest BCUT2D eigenvalue weighted by molar-refractivity contribution is -0.671. The summed E-state index contributed by atoms with van der Waals surface area (Å²) in [6.07, 6.45) is 6.02. The molecule has 0 amide bonds. The molecule has 4 rings (SSSR count). The molecule has 142 valence electrons. The maximum absolute atomic E-state index is 10.4. The van der Waals surface area contributed by atoms with Gasteiger partial charge in [-0.2, -0.15) is 0 Å². The predicted molar refractivity (Wildman–Crippen MR) is 107 cm³/mol. The Morgan fingerprint density at radius 3 is 2.18 bits per heavy atom. The number of para-hydroxylation sites is 1. The van der Waals surface area contributed by atoms with E-state index in [4.69, 9.17) is 0 Å². The molecule has 2 aromatic heterocycles. The lowest BCUT2D eigenvalue weighted by atomic mass is 10.1. The zero-order chi connectivity index (χ0) is 20.1. The zero-order valence-electron chi connectivity index (χ0n) is 15.6. The third-order valence-corrected chi connectivity index (χ3v) is 5.06. The average molecular weight is 392 g/mol. The quantitative estimate of drug-likeness (QED) is 0.386. The number of hydrogen-bond donors (Lipinski definition) is 0. The molecule has 28 heavy (non-hydrogen) atoms. The molecule has 4 aromatic rings. The van der Waals surface area contributed by atoms with Crippen LogP contribution in [-0.4, -0.2) is 18.0 Å². The van der Waals surface area contributed by atoms with Gasteiger partial charge in [0.1, 0.15) is 17.2 Å². The van der Waals surface area contributed by atoms with Gasteiger partial charge in [0.2, 0.25) is 0 Å². The predicted octanol–water partition coefficient (Wildman–Crippen LogP) is 3.63. The molecule has 0 unspecified atom stereocenters. The van der Waals surface area contributed by atoms with Gasteiger partial charge in [0.25, 0.3) is 0 Å². The molecule has 0 saturated heterocycles. The van der Waals surface area contributed by atoms with E-state index in [0.29, 0.717) is 0 Å². The van der Waals surface area contributed by atoms with E-state index in [2.05, 4.69) is 29.2 Å². The van der Waals surface area contributed by atoms with Crippen LogP contribution in [0.4, 0.5) is 0 Å². The number of rotatable bonds is 2. The molecule has 0 radical (unpaired) electrons. The highest BCUT2D eigenvalue weighted by Crippen LogP contribution is 2.21. The van der Waals surface area contributed by atoms with Crippen LogP contribution in [0.5, 0.6) is 0 Å². The van der Waals surface area contributed by atoms with Crippen LogP contribution in [0.15, 0.2) is 90.2 Å². The summed E-state index contributed by atoms with van der Waals surface area (Å²) >= 11 is 0. The molecule has 5 nitrogen and oxygen atoms in total. The molecule has 0 aliphatic rings. The van der Waals surface area contributed by atoms with Gasteiger partial charge in [0.05, 0.1) is 10.4 Å². The van der Waals surface area contributed by atoms with Gasteiger partial charge >= 0.3 is 0 Å². The summed E-state index contributed by atoms with van der Waals surface area (Å²) in [6.45, 7) is 1.82. The molecule has 0 atom stereocenters. The molecule has 0 spiro atoms. The van der Waals surface area contributed by atoms with Crippen LogP contribution in [0.3, 0.4) is 0 Å². The van der Waals surface area contributed by atoms with E-state index in [1.54, 1.807) is 12.1 Å². The van der Waals surface area contributed by atoms with Crippen molar-refractivity contribution < 1.29 is 17.5 Å². The molecule has 0 saturated carbocycles. The normalized spacial score (nSPS) is 11.0. The Morgan fingerprint density at radius 2 is 1.54 bits per heavy atom. The summed E-state index contributed by atoms with van der Waals surface area (Å²) in [4.78, 5) is 4.30. The van der Waals surface area contributed by atoms with E-state index in [-0.39, 0.29) is 4.90 Å². The van der Waals surface area contributed by atoms with Crippen molar-refractivity contribution in [3.8, 4) is 11.1 Å². The molecule has 0 aliphatic carbocycles. The molecule has 0 bridgehead atoms. The van der Waals surface area contributed by atoms with Gasteiger partial charge in [0.15, 0.2) is 12.4 Å². The Bertz CT molecular complexity index is 1190. The number of fused-ring (bicyclic) bond motifs is 1. The third-order valence-electron chi connectivity index (χ3n) is 4.21. The van der Waals surface area contributed by atoms with Crippen molar-refractivity contribution in [1.82, 2.24) is 4.98 Å². The van der Waals surface area contributed by atoms with Gasteiger partial charge in [-0.3, -0.25) is 4.98 Å². The monoisotopic (exact) mass is 392 g/mol. The van der Waals surface area contributed by atoms with Gasteiger partial charge in [0, 0.05) is 29.3 Å². The maximum Gasteiger partial charge on any atom is 0.169 e. The SMILES string of the molecule is C[n+]1ccc(-c2cnc3ccccc3c2)cc1.Cc1ccc(S(=O)(=O)[O-])cc1. The van der Waals surface area contributed by atoms with Crippen molar-refractivity contribution in [3.63, 3.8) is 0 Å². The minimum atomic E-state index is -4.27. The first-order valence-corrected chi connectivity index (χ1v) is 10.1. The topological polar surface area (TPSA) is 74.0 Å². The van der Waals surface area contributed by atoms with Crippen LogP contribution in [0.25, 0.3) is 22.0 Å². The highest BCUT2D eigenvalue weighted by Gasteiger charge is 2.02. The Hall–Kier alpha value is -3.09. The van der Waals surface area contributed by atoms with Crippen molar-refractivity contribution in [2.24, 2.45) is 7.05 Å². The minimum Gasteiger partial charge on any atom is -0.744 e. The van der Waals surface area contributed by atoms with Gasteiger partial charge in [-0.15, -0.1) is 0 Å². The third kappa shape index (κ3) is 5.00. The standard InChI is InChI=1S/C15H13N2.C7H8O3S/c1-17-8-6-12(7-9-17)14-10-13-4-2-3-5-15(13)16-11-14;1-6-2-4-7(5-3-6)11(8,9)10/h2-11H,1H3;2-5H,1H3,(H,8,9,10)/q+1;/p-1. The summed E-state index contributed by atoms with van der Waals surface area (Å²) in [6, 6.07) is 20.3. The lowest BCUT2D eigenvalue weighted by Gasteiger charge is -2.05. The second-order valence-corrected chi connectivity index (χ2v) is 7.82. The summed E-state index contributed by atoms with van der Waals surface area (Å²) in [5.41, 5.74) is 4.32. The molecule has 0 aliphatic heterocycles.